The molecule has 0 aliphatic carbocycles. The maximum absolute atomic E-state index is 11.9. The Hall–Kier alpha value is -1.57. The van der Waals surface area contributed by atoms with Crippen LogP contribution in [-0.2, 0) is 0 Å². The quantitative estimate of drug-likeness (QED) is 0.624. The third-order valence-corrected chi connectivity index (χ3v) is 2.98. The summed E-state index contributed by atoms with van der Waals surface area (Å²) in [6.07, 6.45) is -3.03. The first-order valence-electron chi connectivity index (χ1n) is 5.11. The lowest BCUT2D eigenvalue weighted by molar-refractivity contribution is -0.136. The molecule has 4 nitrogen and oxygen atoms in total. The van der Waals surface area contributed by atoms with Gasteiger partial charge in [-0.3, -0.25) is 9.20 Å². The van der Waals surface area contributed by atoms with E-state index in [1.165, 1.54) is 15.7 Å². The zero-order chi connectivity index (χ0) is 13.2. The van der Waals surface area contributed by atoms with Gasteiger partial charge in [0, 0.05) is 18.0 Å². The van der Waals surface area contributed by atoms with E-state index in [1.54, 1.807) is 11.6 Å². The minimum atomic E-state index is -4.19. The van der Waals surface area contributed by atoms with Gasteiger partial charge in [0.2, 0.25) is 5.88 Å². The van der Waals surface area contributed by atoms with Crippen molar-refractivity contribution in [3.8, 4) is 5.88 Å². The Bertz CT molecular complexity index is 547. The number of imidazole rings is 1. The number of carbonyl (C=O) groups excluding carboxylic acids is 1. The van der Waals surface area contributed by atoms with Gasteiger partial charge in [0.1, 0.15) is 0 Å². The zero-order valence-corrected chi connectivity index (χ0v) is 9.92. The summed E-state index contributed by atoms with van der Waals surface area (Å²) in [5.74, 6) is 0.0824. The van der Waals surface area contributed by atoms with Crippen molar-refractivity contribution in [1.29, 1.82) is 0 Å². The van der Waals surface area contributed by atoms with E-state index < -0.39 is 12.6 Å². The molecule has 2 rings (SSSR count). The number of carbonyl (C=O) groups is 1. The van der Waals surface area contributed by atoms with Crippen molar-refractivity contribution in [3.63, 3.8) is 0 Å². The van der Waals surface area contributed by atoms with Crippen LogP contribution in [-0.4, -0.2) is 28.5 Å². The summed E-state index contributed by atoms with van der Waals surface area (Å²) in [7, 11) is 0. The second-order valence-electron chi connectivity index (χ2n) is 3.54. The van der Waals surface area contributed by atoms with Crippen molar-refractivity contribution in [3.05, 3.63) is 17.3 Å². The van der Waals surface area contributed by atoms with Crippen molar-refractivity contribution in [2.24, 2.45) is 0 Å². The molecule has 18 heavy (non-hydrogen) atoms. The molecule has 2 aromatic heterocycles. The highest BCUT2D eigenvalue weighted by molar-refractivity contribution is 7.15. The van der Waals surface area contributed by atoms with E-state index >= 15 is 0 Å². The number of aromatic nitrogens is 2. The average Bonchev–Trinajstić information content (AvgIpc) is 2.82. The van der Waals surface area contributed by atoms with Crippen LogP contribution in [0.1, 0.15) is 23.3 Å². The Labute approximate surface area is 104 Å². The minimum absolute atomic E-state index is 0.0824. The number of fused-ring (bicyclic) bond motifs is 1. The molecule has 2 aromatic rings. The first-order chi connectivity index (χ1) is 8.51. The molecule has 0 saturated carbocycles. The number of rotatable bonds is 5. The van der Waals surface area contributed by atoms with Crippen molar-refractivity contribution >= 4 is 22.6 Å². The number of halogens is 3. The van der Waals surface area contributed by atoms with Crippen molar-refractivity contribution in [2.45, 2.75) is 19.0 Å². The van der Waals surface area contributed by atoms with Crippen molar-refractivity contribution in [1.82, 2.24) is 9.38 Å². The summed E-state index contributed by atoms with van der Waals surface area (Å²) in [5.41, 5.74) is 0.221. The molecular weight excluding hydrogens is 269 g/mol. The number of thiazole rings is 1. The van der Waals surface area contributed by atoms with Gasteiger partial charge in [-0.1, -0.05) is 0 Å². The summed E-state index contributed by atoms with van der Waals surface area (Å²) in [6, 6.07) is 0. The lowest BCUT2D eigenvalue weighted by Gasteiger charge is -2.06. The van der Waals surface area contributed by atoms with E-state index in [0.717, 1.165) is 0 Å². The predicted octanol–water partition coefficient (Wildman–Crippen LogP) is 2.93. The van der Waals surface area contributed by atoms with Gasteiger partial charge >= 0.3 is 6.18 Å². The SMILES string of the molecule is O=Cc1c(OCCCC(F)(F)F)nc2sccn12. The molecule has 0 N–H and O–H groups in total. The van der Waals surface area contributed by atoms with E-state index in [2.05, 4.69) is 4.98 Å². The van der Waals surface area contributed by atoms with Crippen LogP contribution < -0.4 is 4.74 Å². The van der Waals surface area contributed by atoms with E-state index in [0.29, 0.717) is 11.2 Å². The number of hydrogen-bond acceptors (Lipinski definition) is 4. The average molecular weight is 278 g/mol. The summed E-state index contributed by atoms with van der Waals surface area (Å²) in [4.78, 5) is 15.5. The number of alkyl halides is 3. The normalized spacial score (nSPS) is 11.9. The molecule has 0 aliphatic heterocycles. The molecule has 0 amide bonds. The minimum Gasteiger partial charge on any atom is -0.476 e. The second-order valence-corrected chi connectivity index (χ2v) is 4.42. The topological polar surface area (TPSA) is 43.6 Å². The van der Waals surface area contributed by atoms with E-state index in [4.69, 9.17) is 4.74 Å². The van der Waals surface area contributed by atoms with Gasteiger partial charge in [0.25, 0.3) is 0 Å². The molecule has 0 radical (unpaired) electrons. The highest BCUT2D eigenvalue weighted by Gasteiger charge is 2.26. The molecule has 0 spiro atoms. The van der Waals surface area contributed by atoms with Crippen molar-refractivity contribution < 1.29 is 22.7 Å². The van der Waals surface area contributed by atoms with Gasteiger partial charge in [-0.2, -0.15) is 18.2 Å². The molecule has 0 unspecified atom stereocenters. The number of nitrogens with zero attached hydrogens (tertiary/aromatic N) is 2. The fourth-order valence-electron chi connectivity index (χ4n) is 1.44. The molecular formula is C10H9F3N2O2S. The van der Waals surface area contributed by atoms with E-state index in [-0.39, 0.29) is 24.6 Å². The van der Waals surface area contributed by atoms with Gasteiger partial charge in [-0.15, -0.1) is 11.3 Å². The van der Waals surface area contributed by atoms with Crippen LogP contribution in [0.2, 0.25) is 0 Å². The number of aldehydes is 1. The molecule has 0 atom stereocenters. The Kier molecular flexibility index (Phi) is 3.55. The lowest BCUT2D eigenvalue weighted by atomic mass is 10.3. The summed E-state index contributed by atoms with van der Waals surface area (Å²) in [6.45, 7) is -0.120. The zero-order valence-electron chi connectivity index (χ0n) is 9.11. The molecule has 2 heterocycles. The Morgan fingerprint density at radius 3 is 2.94 bits per heavy atom. The molecule has 0 fully saturated rings. The van der Waals surface area contributed by atoms with Gasteiger partial charge < -0.3 is 4.74 Å². The molecule has 0 saturated heterocycles. The highest BCUT2D eigenvalue weighted by Crippen LogP contribution is 2.24. The van der Waals surface area contributed by atoms with E-state index in [9.17, 15) is 18.0 Å². The van der Waals surface area contributed by atoms with Crippen LogP contribution in [0.5, 0.6) is 5.88 Å². The van der Waals surface area contributed by atoms with Crippen LogP contribution in [0.15, 0.2) is 11.6 Å². The van der Waals surface area contributed by atoms with E-state index in [1.807, 2.05) is 0 Å². The Morgan fingerprint density at radius 2 is 2.28 bits per heavy atom. The first-order valence-corrected chi connectivity index (χ1v) is 5.99. The van der Waals surface area contributed by atoms with Gasteiger partial charge in [-0.25, -0.2) is 0 Å². The highest BCUT2D eigenvalue weighted by atomic mass is 32.1. The summed E-state index contributed by atoms with van der Waals surface area (Å²) >= 11 is 1.31. The van der Waals surface area contributed by atoms with Gasteiger partial charge in [-0.05, 0) is 6.42 Å². The Morgan fingerprint density at radius 1 is 1.50 bits per heavy atom. The van der Waals surface area contributed by atoms with Crippen LogP contribution >= 0.6 is 11.3 Å². The van der Waals surface area contributed by atoms with Crippen LogP contribution in [0.3, 0.4) is 0 Å². The van der Waals surface area contributed by atoms with Gasteiger partial charge in [0.05, 0.1) is 6.61 Å². The van der Waals surface area contributed by atoms with Gasteiger partial charge in [0.15, 0.2) is 16.9 Å². The summed E-state index contributed by atoms with van der Waals surface area (Å²) < 4.78 is 42.4. The molecule has 0 bridgehead atoms. The predicted molar refractivity (Wildman–Crippen MR) is 59.2 cm³/mol. The third-order valence-electron chi connectivity index (χ3n) is 2.22. The second kappa shape index (κ2) is 4.97. The van der Waals surface area contributed by atoms with Crippen LogP contribution in [0, 0.1) is 0 Å². The standard InChI is InChI=1S/C10H9F3N2O2S/c11-10(12,13)2-1-4-17-8-7(6-16)15-3-5-18-9(15)14-8/h3,5-6H,1-2,4H2. The first kappa shape index (κ1) is 12.9. The smallest absolute Gasteiger partial charge is 0.389 e. The Balaban J connectivity index is 1.99. The molecule has 0 aliphatic rings. The maximum Gasteiger partial charge on any atom is 0.389 e. The fourth-order valence-corrected chi connectivity index (χ4v) is 2.15. The van der Waals surface area contributed by atoms with Crippen LogP contribution in [0.4, 0.5) is 13.2 Å². The molecule has 98 valence electrons. The van der Waals surface area contributed by atoms with Crippen LogP contribution in [0.25, 0.3) is 4.96 Å². The molecule has 8 heteroatoms. The number of hydrogen-bond donors (Lipinski definition) is 0. The maximum atomic E-state index is 11.9. The third kappa shape index (κ3) is 2.81. The lowest BCUT2D eigenvalue weighted by Crippen LogP contribution is -2.10. The monoisotopic (exact) mass is 278 g/mol. The molecule has 0 aromatic carbocycles. The fraction of sp³-hybridized carbons (Fsp3) is 0.400. The van der Waals surface area contributed by atoms with Crippen molar-refractivity contribution in [2.75, 3.05) is 6.61 Å². The largest absolute Gasteiger partial charge is 0.476 e. The number of ether oxygens (including phenoxy) is 1. The summed E-state index contributed by atoms with van der Waals surface area (Å²) in [5, 5.41) is 1.75.